The molecule has 7 nitrogen and oxygen atoms in total. The molecule has 0 bridgehead atoms. The second-order valence-electron chi connectivity index (χ2n) is 6.75. The number of rotatable bonds is 2. The fourth-order valence-corrected chi connectivity index (χ4v) is 4.05. The number of amides is 2. The predicted octanol–water partition coefficient (Wildman–Crippen LogP) is 2.25. The fraction of sp³-hybridized carbons (Fsp3) is 0.688. The van der Waals surface area contributed by atoms with Crippen LogP contribution in [0, 0.1) is 0 Å². The van der Waals surface area contributed by atoms with Crippen molar-refractivity contribution < 1.29 is 19.4 Å². The predicted molar refractivity (Wildman–Crippen MR) is 89.6 cm³/mol. The van der Waals surface area contributed by atoms with E-state index in [2.05, 4.69) is 18.8 Å². The van der Waals surface area contributed by atoms with E-state index in [9.17, 15) is 9.59 Å². The van der Waals surface area contributed by atoms with E-state index in [0.29, 0.717) is 57.2 Å². The molecule has 3 heterocycles. The second-order valence-corrected chi connectivity index (χ2v) is 7.64. The van der Waals surface area contributed by atoms with Crippen LogP contribution in [0.4, 0.5) is 4.79 Å². The normalized spacial score (nSPS) is 20.6. The Morgan fingerprint density at radius 2 is 2.00 bits per heavy atom. The van der Waals surface area contributed by atoms with E-state index in [0.717, 1.165) is 5.01 Å². The minimum atomic E-state index is -0.891. The number of piperidine rings is 1. The molecule has 0 radical (unpaired) electrons. The van der Waals surface area contributed by atoms with Crippen molar-refractivity contribution >= 4 is 23.3 Å². The molecule has 1 N–H and O–H groups in total. The van der Waals surface area contributed by atoms with Gasteiger partial charge < -0.3 is 19.6 Å². The molecule has 0 aliphatic carbocycles. The van der Waals surface area contributed by atoms with Gasteiger partial charge in [0.15, 0.2) is 0 Å². The van der Waals surface area contributed by atoms with E-state index in [1.807, 2.05) is 5.38 Å². The van der Waals surface area contributed by atoms with Crippen LogP contribution in [0.1, 0.15) is 48.1 Å². The maximum Gasteiger partial charge on any atom is 0.407 e. The molecule has 3 rings (SSSR count). The maximum absolute atomic E-state index is 12.7. The number of likely N-dealkylation sites (tertiary alicyclic amines) is 1. The fourth-order valence-electron chi connectivity index (χ4n) is 3.24. The maximum atomic E-state index is 12.7. The lowest BCUT2D eigenvalue weighted by molar-refractivity contribution is -0.124. The summed E-state index contributed by atoms with van der Waals surface area (Å²) in [5, 5.41) is 11.9. The first-order valence-electron chi connectivity index (χ1n) is 8.27. The summed E-state index contributed by atoms with van der Waals surface area (Å²) in [4.78, 5) is 31.5. The van der Waals surface area contributed by atoms with Gasteiger partial charge >= 0.3 is 6.09 Å². The van der Waals surface area contributed by atoms with Crippen molar-refractivity contribution in [3.63, 3.8) is 0 Å². The first kappa shape index (κ1) is 17.2. The Bertz CT molecular complexity index is 623. The molecule has 2 aliphatic rings. The molecule has 0 unspecified atom stereocenters. The van der Waals surface area contributed by atoms with Crippen LogP contribution in [0.2, 0.25) is 0 Å². The standard InChI is InChI=1S/C16H23N3O4S/c1-11(2)13-17-12(9-24-13)14(20)19-7-8-23-16(10-19)3-5-18(6-4-16)15(21)22/h9,11H,3-8,10H2,1-2H3,(H,21,22). The number of carbonyl (C=O) groups excluding carboxylic acids is 1. The highest BCUT2D eigenvalue weighted by atomic mass is 32.1. The van der Waals surface area contributed by atoms with Crippen molar-refractivity contribution in [2.24, 2.45) is 0 Å². The Morgan fingerprint density at radius 3 is 2.58 bits per heavy atom. The topological polar surface area (TPSA) is 83.0 Å². The van der Waals surface area contributed by atoms with E-state index < -0.39 is 11.7 Å². The highest BCUT2D eigenvalue weighted by Gasteiger charge is 2.42. The molecule has 1 spiro atoms. The quantitative estimate of drug-likeness (QED) is 0.882. The molecule has 0 saturated carbocycles. The number of carbonyl (C=O) groups is 2. The first-order valence-corrected chi connectivity index (χ1v) is 9.15. The van der Waals surface area contributed by atoms with Gasteiger partial charge in [0.05, 0.1) is 23.8 Å². The molecule has 2 amide bonds. The van der Waals surface area contributed by atoms with Crippen LogP contribution < -0.4 is 0 Å². The summed E-state index contributed by atoms with van der Waals surface area (Å²) in [5.41, 5.74) is 0.0836. The zero-order valence-corrected chi connectivity index (χ0v) is 14.8. The van der Waals surface area contributed by atoms with Gasteiger partial charge in [-0.1, -0.05) is 13.8 Å². The molecule has 2 saturated heterocycles. The van der Waals surface area contributed by atoms with Crippen molar-refractivity contribution in [3.05, 3.63) is 16.1 Å². The molecule has 0 atom stereocenters. The lowest BCUT2D eigenvalue weighted by atomic mass is 9.89. The van der Waals surface area contributed by atoms with E-state index in [-0.39, 0.29) is 5.91 Å². The molecule has 2 aliphatic heterocycles. The monoisotopic (exact) mass is 353 g/mol. The summed E-state index contributed by atoms with van der Waals surface area (Å²) < 4.78 is 5.96. The molecule has 1 aromatic heterocycles. The average Bonchev–Trinajstić information content (AvgIpc) is 3.05. The Labute approximate surface area is 145 Å². The third kappa shape index (κ3) is 3.39. The Kier molecular flexibility index (Phi) is 4.78. The van der Waals surface area contributed by atoms with Crippen LogP contribution in [-0.2, 0) is 4.74 Å². The van der Waals surface area contributed by atoms with Gasteiger partial charge in [-0.05, 0) is 12.8 Å². The van der Waals surface area contributed by atoms with Crippen LogP contribution in [0.15, 0.2) is 5.38 Å². The van der Waals surface area contributed by atoms with Crippen LogP contribution >= 0.6 is 11.3 Å². The number of morpholine rings is 1. The number of thiazole rings is 1. The van der Waals surface area contributed by atoms with Gasteiger partial charge in [0.1, 0.15) is 5.69 Å². The molecule has 132 valence electrons. The number of hydrogen-bond acceptors (Lipinski definition) is 5. The van der Waals surface area contributed by atoms with Crippen LogP contribution in [-0.4, -0.2) is 70.3 Å². The van der Waals surface area contributed by atoms with Crippen LogP contribution in [0.25, 0.3) is 0 Å². The summed E-state index contributed by atoms with van der Waals surface area (Å²) in [6.45, 7) is 6.57. The van der Waals surface area contributed by atoms with Gasteiger partial charge in [-0.3, -0.25) is 4.79 Å². The zero-order valence-electron chi connectivity index (χ0n) is 14.0. The SMILES string of the molecule is CC(C)c1nc(C(=O)N2CCOC3(CCN(C(=O)O)CC3)C2)cs1. The van der Waals surface area contributed by atoms with Crippen molar-refractivity contribution in [2.45, 2.75) is 38.2 Å². The highest BCUT2D eigenvalue weighted by Crippen LogP contribution is 2.31. The van der Waals surface area contributed by atoms with E-state index in [1.165, 1.54) is 16.2 Å². The van der Waals surface area contributed by atoms with Crippen molar-refractivity contribution in [1.29, 1.82) is 0 Å². The van der Waals surface area contributed by atoms with Gasteiger partial charge in [-0.25, -0.2) is 9.78 Å². The molecular formula is C16H23N3O4S. The minimum Gasteiger partial charge on any atom is -0.465 e. The molecular weight excluding hydrogens is 330 g/mol. The number of hydrogen-bond donors (Lipinski definition) is 1. The summed E-state index contributed by atoms with van der Waals surface area (Å²) in [5.74, 6) is 0.259. The lowest BCUT2D eigenvalue weighted by Crippen LogP contribution is -2.58. The summed E-state index contributed by atoms with van der Waals surface area (Å²) in [7, 11) is 0. The third-order valence-corrected chi connectivity index (χ3v) is 5.86. The minimum absolute atomic E-state index is 0.0542. The number of nitrogens with zero attached hydrogens (tertiary/aromatic N) is 3. The summed E-state index contributed by atoms with van der Waals surface area (Å²) in [6.07, 6.45) is 0.353. The molecule has 8 heteroatoms. The van der Waals surface area contributed by atoms with Crippen LogP contribution in [0.5, 0.6) is 0 Å². The first-order chi connectivity index (χ1) is 11.4. The number of carboxylic acid groups (broad SMARTS) is 1. The van der Waals surface area contributed by atoms with E-state index in [4.69, 9.17) is 9.84 Å². The van der Waals surface area contributed by atoms with Gasteiger partial charge in [0.25, 0.3) is 5.91 Å². The Morgan fingerprint density at radius 1 is 1.29 bits per heavy atom. The van der Waals surface area contributed by atoms with Gasteiger partial charge in [-0.15, -0.1) is 11.3 Å². The summed E-state index contributed by atoms with van der Waals surface area (Å²) >= 11 is 1.52. The van der Waals surface area contributed by atoms with Gasteiger partial charge in [-0.2, -0.15) is 0 Å². The van der Waals surface area contributed by atoms with Crippen LogP contribution in [0.3, 0.4) is 0 Å². The smallest absolute Gasteiger partial charge is 0.407 e. The molecule has 24 heavy (non-hydrogen) atoms. The van der Waals surface area contributed by atoms with Gasteiger partial charge in [0.2, 0.25) is 0 Å². The largest absolute Gasteiger partial charge is 0.465 e. The lowest BCUT2D eigenvalue weighted by Gasteiger charge is -2.46. The number of aromatic nitrogens is 1. The zero-order chi connectivity index (χ0) is 17.3. The van der Waals surface area contributed by atoms with E-state index in [1.54, 1.807) is 4.90 Å². The second kappa shape index (κ2) is 6.68. The van der Waals surface area contributed by atoms with E-state index >= 15 is 0 Å². The van der Waals surface area contributed by atoms with Crippen molar-refractivity contribution in [1.82, 2.24) is 14.8 Å². The van der Waals surface area contributed by atoms with Gasteiger partial charge in [0, 0.05) is 30.9 Å². The number of ether oxygens (including phenoxy) is 1. The van der Waals surface area contributed by atoms with Crippen molar-refractivity contribution in [2.75, 3.05) is 32.8 Å². The molecule has 2 fully saturated rings. The highest BCUT2D eigenvalue weighted by molar-refractivity contribution is 7.09. The average molecular weight is 353 g/mol. The third-order valence-electron chi connectivity index (χ3n) is 4.72. The van der Waals surface area contributed by atoms with Crippen molar-refractivity contribution in [3.8, 4) is 0 Å². The Balaban J connectivity index is 1.67. The summed E-state index contributed by atoms with van der Waals surface area (Å²) in [6, 6.07) is 0. The Hall–Kier alpha value is -1.67. The molecule has 1 aromatic rings. The molecule has 0 aromatic carbocycles.